The number of halogens is 1. The van der Waals surface area contributed by atoms with E-state index in [1.165, 1.54) is 29.3 Å². The zero-order valence-electron chi connectivity index (χ0n) is 12.3. The third kappa shape index (κ3) is 3.08. The Morgan fingerprint density at radius 3 is 2.90 bits per heavy atom. The van der Waals surface area contributed by atoms with Gasteiger partial charge in [0.25, 0.3) is 0 Å². The van der Waals surface area contributed by atoms with Crippen LogP contribution < -0.4 is 10.6 Å². The van der Waals surface area contributed by atoms with Crippen LogP contribution in [0.4, 0.5) is 10.1 Å². The second-order valence-corrected chi connectivity index (χ2v) is 5.61. The predicted octanol–water partition coefficient (Wildman–Crippen LogP) is 4.03. The van der Waals surface area contributed by atoms with Crippen LogP contribution in [0.1, 0.15) is 36.1 Å². The van der Waals surface area contributed by atoms with Crippen LogP contribution in [0.3, 0.4) is 0 Å². The maximum absolute atomic E-state index is 13.8. The molecule has 0 radical (unpaired) electrons. The molecule has 2 nitrogen and oxygen atoms in total. The van der Waals surface area contributed by atoms with Crippen LogP contribution in [0, 0.1) is 5.82 Å². The predicted molar refractivity (Wildman–Crippen MR) is 84.9 cm³/mol. The summed E-state index contributed by atoms with van der Waals surface area (Å²) in [7, 11) is 0. The number of hydrogen-bond donors (Lipinski definition) is 2. The lowest BCUT2D eigenvalue weighted by Gasteiger charge is -2.22. The highest BCUT2D eigenvalue weighted by atomic mass is 19.1. The minimum Gasteiger partial charge on any atom is -0.385 e. The second-order valence-electron chi connectivity index (χ2n) is 5.61. The Kier molecular flexibility index (Phi) is 4.20. The topological polar surface area (TPSA) is 24.1 Å². The second kappa shape index (κ2) is 6.27. The van der Waals surface area contributed by atoms with Gasteiger partial charge in [-0.05, 0) is 37.0 Å². The van der Waals surface area contributed by atoms with Gasteiger partial charge in [-0.3, -0.25) is 0 Å². The van der Waals surface area contributed by atoms with Crippen molar-refractivity contribution in [2.75, 3.05) is 11.9 Å². The molecule has 0 saturated carbocycles. The Balaban J connectivity index is 1.72. The summed E-state index contributed by atoms with van der Waals surface area (Å²) < 4.78 is 13.8. The van der Waals surface area contributed by atoms with Crippen molar-refractivity contribution in [1.29, 1.82) is 0 Å². The number of aryl methyl sites for hydroxylation is 1. The summed E-state index contributed by atoms with van der Waals surface area (Å²) in [5, 5.41) is 6.92. The van der Waals surface area contributed by atoms with Crippen molar-refractivity contribution in [3.05, 3.63) is 65.0 Å². The first kappa shape index (κ1) is 14.1. The van der Waals surface area contributed by atoms with Gasteiger partial charge in [0.1, 0.15) is 5.82 Å². The fourth-order valence-corrected chi connectivity index (χ4v) is 2.93. The number of hydrogen-bond acceptors (Lipinski definition) is 2. The van der Waals surface area contributed by atoms with Crippen LogP contribution in [0.15, 0.2) is 42.5 Å². The monoisotopic (exact) mass is 284 g/mol. The van der Waals surface area contributed by atoms with Gasteiger partial charge in [-0.2, -0.15) is 0 Å². The number of nitrogens with one attached hydrogen (secondary N) is 2. The maximum atomic E-state index is 13.8. The van der Waals surface area contributed by atoms with Gasteiger partial charge in [0.15, 0.2) is 0 Å². The number of rotatable bonds is 4. The summed E-state index contributed by atoms with van der Waals surface area (Å²) in [6.45, 7) is 3.78. The van der Waals surface area contributed by atoms with E-state index in [4.69, 9.17) is 0 Å². The van der Waals surface area contributed by atoms with Gasteiger partial charge in [0.2, 0.25) is 0 Å². The number of fused-ring (bicyclic) bond motifs is 1. The normalized spacial score (nSPS) is 15.1. The molecule has 2 N–H and O–H groups in total. The minimum absolute atomic E-state index is 0.00866. The zero-order chi connectivity index (χ0) is 14.7. The van der Waals surface area contributed by atoms with E-state index in [9.17, 15) is 4.39 Å². The highest BCUT2D eigenvalue weighted by molar-refractivity contribution is 5.59. The molecule has 0 bridgehead atoms. The zero-order valence-corrected chi connectivity index (χ0v) is 12.3. The number of para-hydroxylation sites is 1. The average molecular weight is 284 g/mol. The quantitative estimate of drug-likeness (QED) is 0.885. The Hall–Kier alpha value is -1.87. The largest absolute Gasteiger partial charge is 0.385 e. The van der Waals surface area contributed by atoms with Crippen molar-refractivity contribution in [2.45, 2.75) is 32.4 Å². The molecule has 1 aliphatic rings. The molecular formula is C18H21FN2. The average Bonchev–Trinajstić information content (AvgIpc) is 2.53. The van der Waals surface area contributed by atoms with Gasteiger partial charge < -0.3 is 10.6 Å². The van der Waals surface area contributed by atoms with Crippen molar-refractivity contribution >= 4 is 5.69 Å². The van der Waals surface area contributed by atoms with E-state index in [1.54, 1.807) is 6.07 Å². The summed E-state index contributed by atoms with van der Waals surface area (Å²) in [6.07, 6.45) is 2.33. The molecular weight excluding hydrogens is 263 g/mol. The van der Waals surface area contributed by atoms with Crippen LogP contribution in [0.2, 0.25) is 0 Å². The van der Waals surface area contributed by atoms with Gasteiger partial charge >= 0.3 is 0 Å². The smallest absolute Gasteiger partial charge is 0.127 e. The molecule has 110 valence electrons. The fraction of sp³-hybridized carbons (Fsp3) is 0.333. The van der Waals surface area contributed by atoms with Crippen LogP contribution >= 0.6 is 0 Å². The molecule has 0 aromatic heterocycles. The fourth-order valence-electron chi connectivity index (χ4n) is 2.93. The summed E-state index contributed by atoms with van der Waals surface area (Å²) >= 11 is 0. The molecule has 3 heteroatoms. The summed E-state index contributed by atoms with van der Waals surface area (Å²) in [5.74, 6) is -0.147. The highest BCUT2D eigenvalue weighted by Gasteiger charge is 2.14. The lowest BCUT2D eigenvalue weighted by molar-refractivity contribution is 0.528. The van der Waals surface area contributed by atoms with E-state index < -0.39 is 0 Å². The van der Waals surface area contributed by atoms with Crippen molar-refractivity contribution < 1.29 is 4.39 Å². The van der Waals surface area contributed by atoms with E-state index in [-0.39, 0.29) is 11.9 Å². The molecule has 21 heavy (non-hydrogen) atoms. The first-order valence-corrected chi connectivity index (χ1v) is 7.58. The maximum Gasteiger partial charge on any atom is 0.127 e. The van der Waals surface area contributed by atoms with Gasteiger partial charge in [-0.25, -0.2) is 4.39 Å². The van der Waals surface area contributed by atoms with Crippen LogP contribution in [-0.4, -0.2) is 6.54 Å². The Morgan fingerprint density at radius 1 is 1.19 bits per heavy atom. The summed E-state index contributed by atoms with van der Waals surface area (Å²) in [5.41, 5.74) is 4.63. The first-order chi connectivity index (χ1) is 10.3. The molecule has 1 atom stereocenters. The van der Waals surface area contributed by atoms with Crippen molar-refractivity contribution in [3.63, 3.8) is 0 Å². The van der Waals surface area contributed by atoms with Crippen molar-refractivity contribution in [1.82, 2.24) is 5.32 Å². The molecule has 0 saturated heterocycles. The van der Waals surface area contributed by atoms with E-state index in [1.807, 2.05) is 19.1 Å². The van der Waals surface area contributed by atoms with Gasteiger partial charge in [-0.1, -0.05) is 36.4 Å². The molecule has 0 unspecified atom stereocenters. The molecule has 3 rings (SSSR count). The third-order valence-electron chi connectivity index (χ3n) is 4.13. The molecule has 1 heterocycles. The van der Waals surface area contributed by atoms with E-state index in [2.05, 4.69) is 28.8 Å². The molecule has 2 aromatic carbocycles. The van der Waals surface area contributed by atoms with Crippen molar-refractivity contribution in [2.24, 2.45) is 0 Å². The molecule has 1 aliphatic heterocycles. The van der Waals surface area contributed by atoms with Crippen LogP contribution in [0.25, 0.3) is 0 Å². The molecule has 0 aliphatic carbocycles. The van der Waals surface area contributed by atoms with E-state index in [0.29, 0.717) is 0 Å². The number of benzene rings is 2. The molecule has 0 fully saturated rings. The molecule has 0 spiro atoms. The number of anilines is 1. The van der Waals surface area contributed by atoms with Crippen molar-refractivity contribution in [3.8, 4) is 0 Å². The van der Waals surface area contributed by atoms with Gasteiger partial charge in [-0.15, -0.1) is 0 Å². The summed E-state index contributed by atoms with van der Waals surface area (Å²) in [6, 6.07) is 13.4. The van der Waals surface area contributed by atoms with E-state index >= 15 is 0 Å². The molecule has 2 aromatic rings. The lowest BCUT2D eigenvalue weighted by Crippen LogP contribution is -2.21. The Morgan fingerprint density at radius 2 is 2.05 bits per heavy atom. The van der Waals surface area contributed by atoms with Crippen LogP contribution in [0.5, 0.6) is 0 Å². The SMILES string of the molecule is C[C@@H](NCc1cccc2c1NCCC2)c1ccccc1F. The van der Waals surface area contributed by atoms with Gasteiger partial charge in [0, 0.05) is 30.4 Å². The highest BCUT2D eigenvalue weighted by Crippen LogP contribution is 2.26. The first-order valence-electron chi connectivity index (χ1n) is 7.58. The van der Waals surface area contributed by atoms with E-state index in [0.717, 1.165) is 25.1 Å². The van der Waals surface area contributed by atoms with Gasteiger partial charge in [0.05, 0.1) is 0 Å². The summed E-state index contributed by atoms with van der Waals surface area (Å²) in [4.78, 5) is 0. The Labute approximate surface area is 125 Å². The molecule has 0 amide bonds. The standard InChI is InChI=1S/C18H21FN2/c1-13(16-9-2-3-10-17(16)19)21-12-15-7-4-6-14-8-5-11-20-18(14)15/h2-4,6-7,9-10,13,20-21H,5,8,11-12H2,1H3/t13-/m1/s1. The minimum atomic E-state index is -0.147. The Bertz CT molecular complexity index is 624. The lowest BCUT2D eigenvalue weighted by atomic mass is 9.99. The van der Waals surface area contributed by atoms with Crippen LogP contribution in [-0.2, 0) is 13.0 Å². The third-order valence-corrected chi connectivity index (χ3v) is 4.13.